The summed E-state index contributed by atoms with van der Waals surface area (Å²) in [5, 5.41) is 28.0. The van der Waals surface area contributed by atoms with Crippen LogP contribution in [0.25, 0.3) is 0 Å². The molecule has 0 unspecified atom stereocenters. The second kappa shape index (κ2) is 3.89. The number of aliphatic hydroxyl groups is 3. The second-order valence-corrected chi connectivity index (χ2v) is 3.17. The Labute approximate surface area is 76.9 Å². The first kappa shape index (κ1) is 10.9. The summed E-state index contributed by atoms with van der Waals surface area (Å²) in [6.07, 6.45) is -2.13. The minimum atomic E-state index is -1.46. The van der Waals surface area contributed by atoms with Gasteiger partial charge in [-0.05, 0) is 6.42 Å². The normalized spacial score (nSPS) is 45.5. The van der Waals surface area contributed by atoms with Crippen molar-refractivity contribution >= 4 is 0 Å². The molecule has 1 rings (SSSR count). The van der Waals surface area contributed by atoms with Crippen LogP contribution in [0.3, 0.4) is 0 Å². The topological polar surface area (TPSA) is 79.2 Å². The summed E-state index contributed by atoms with van der Waals surface area (Å²) in [5.74, 6) is -1.46. The summed E-state index contributed by atoms with van der Waals surface area (Å²) in [7, 11) is 1.32. The Morgan fingerprint density at radius 1 is 1.46 bits per heavy atom. The van der Waals surface area contributed by atoms with E-state index in [9.17, 15) is 10.2 Å². The SMILES string of the molecule is CC[C@H]1O[C@@](CO)(OC)[C@H](O)[C@H]1O. The fraction of sp³-hybridized carbons (Fsp3) is 1.00. The maximum atomic E-state index is 9.55. The van der Waals surface area contributed by atoms with Gasteiger partial charge in [0, 0.05) is 7.11 Å². The molecule has 4 atom stereocenters. The Morgan fingerprint density at radius 3 is 2.31 bits per heavy atom. The van der Waals surface area contributed by atoms with Crippen LogP contribution >= 0.6 is 0 Å². The van der Waals surface area contributed by atoms with E-state index >= 15 is 0 Å². The monoisotopic (exact) mass is 192 g/mol. The predicted molar refractivity (Wildman–Crippen MR) is 44.0 cm³/mol. The minimum absolute atomic E-state index is 0.474. The van der Waals surface area contributed by atoms with Crippen molar-refractivity contribution < 1.29 is 24.8 Å². The molecular weight excluding hydrogens is 176 g/mol. The van der Waals surface area contributed by atoms with Crippen molar-refractivity contribution in [2.24, 2.45) is 0 Å². The standard InChI is InChI=1S/C8H16O5/c1-3-5-6(10)7(11)8(4-9,12-2)13-5/h5-7,9-11H,3-4H2,1-2H3/t5-,6+,7-,8-/m1/s1. The molecule has 1 fully saturated rings. The molecule has 0 bridgehead atoms. The lowest BCUT2D eigenvalue weighted by molar-refractivity contribution is -0.261. The molecule has 0 aromatic rings. The van der Waals surface area contributed by atoms with Crippen molar-refractivity contribution in [2.75, 3.05) is 13.7 Å². The van der Waals surface area contributed by atoms with E-state index in [1.807, 2.05) is 6.92 Å². The largest absolute Gasteiger partial charge is 0.391 e. The summed E-state index contributed by atoms with van der Waals surface area (Å²) in [4.78, 5) is 0. The molecule has 1 aliphatic rings. The van der Waals surface area contributed by atoms with Crippen LogP contribution in [0.15, 0.2) is 0 Å². The Morgan fingerprint density at radius 2 is 2.08 bits per heavy atom. The highest BCUT2D eigenvalue weighted by atomic mass is 16.7. The molecule has 13 heavy (non-hydrogen) atoms. The van der Waals surface area contributed by atoms with Crippen LogP contribution in [0.1, 0.15) is 13.3 Å². The predicted octanol–water partition coefficient (Wildman–Crippen LogP) is -1.15. The summed E-state index contributed by atoms with van der Waals surface area (Å²) in [6, 6.07) is 0. The van der Waals surface area contributed by atoms with Crippen molar-refractivity contribution in [2.45, 2.75) is 37.4 Å². The van der Waals surface area contributed by atoms with Gasteiger partial charge in [0.05, 0.1) is 6.10 Å². The van der Waals surface area contributed by atoms with E-state index in [1.54, 1.807) is 0 Å². The zero-order valence-corrected chi connectivity index (χ0v) is 7.80. The van der Waals surface area contributed by atoms with Gasteiger partial charge in [-0.2, -0.15) is 0 Å². The number of aliphatic hydroxyl groups excluding tert-OH is 3. The van der Waals surface area contributed by atoms with Crippen molar-refractivity contribution in [3.63, 3.8) is 0 Å². The van der Waals surface area contributed by atoms with Crippen LogP contribution < -0.4 is 0 Å². The van der Waals surface area contributed by atoms with E-state index < -0.39 is 30.7 Å². The molecule has 3 N–H and O–H groups in total. The number of rotatable bonds is 3. The summed E-state index contributed by atoms with van der Waals surface area (Å²) >= 11 is 0. The molecule has 0 aromatic carbocycles. The van der Waals surface area contributed by atoms with Gasteiger partial charge >= 0.3 is 0 Å². The average Bonchev–Trinajstić information content (AvgIpc) is 2.42. The van der Waals surface area contributed by atoms with Crippen LogP contribution in [0.4, 0.5) is 0 Å². The lowest BCUT2D eigenvalue weighted by Gasteiger charge is -2.27. The zero-order valence-electron chi connectivity index (χ0n) is 7.80. The minimum Gasteiger partial charge on any atom is -0.391 e. The van der Waals surface area contributed by atoms with Crippen molar-refractivity contribution in [3.8, 4) is 0 Å². The van der Waals surface area contributed by atoms with Gasteiger partial charge in [-0.25, -0.2) is 0 Å². The number of hydrogen-bond acceptors (Lipinski definition) is 5. The maximum Gasteiger partial charge on any atom is 0.221 e. The highest BCUT2D eigenvalue weighted by Gasteiger charge is 2.53. The Kier molecular flexibility index (Phi) is 3.26. The fourth-order valence-electron chi connectivity index (χ4n) is 1.55. The van der Waals surface area contributed by atoms with Gasteiger partial charge in [0.1, 0.15) is 18.8 Å². The molecule has 1 aliphatic heterocycles. The first-order chi connectivity index (χ1) is 6.11. The lowest BCUT2D eigenvalue weighted by atomic mass is 10.0. The van der Waals surface area contributed by atoms with Gasteiger partial charge in [-0.3, -0.25) is 0 Å². The summed E-state index contributed by atoms with van der Waals surface area (Å²) in [5.41, 5.74) is 0. The fourth-order valence-corrected chi connectivity index (χ4v) is 1.55. The molecule has 0 saturated carbocycles. The van der Waals surface area contributed by atoms with Crippen LogP contribution in [0, 0.1) is 0 Å². The molecule has 0 spiro atoms. The van der Waals surface area contributed by atoms with Crippen molar-refractivity contribution in [1.82, 2.24) is 0 Å². The number of hydrogen-bond donors (Lipinski definition) is 3. The third kappa shape index (κ3) is 1.58. The molecule has 78 valence electrons. The molecule has 1 saturated heterocycles. The number of methoxy groups -OCH3 is 1. The lowest BCUT2D eigenvalue weighted by Crippen LogP contribution is -2.47. The van der Waals surface area contributed by atoms with E-state index in [4.69, 9.17) is 14.6 Å². The molecule has 0 amide bonds. The van der Waals surface area contributed by atoms with E-state index in [-0.39, 0.29) is 0 Å². The van der Waals surface area contributed by atoms with Crippen molar-refractivity contribution in [1.29, 1.82) is 0 Å². The van der Waals surface area contributed by atoms with Crippen LogP contribution in [0.5, 0.6) is 0 Å². The molecule has 5 heteroatoms. The van der Waals surface area contributed by atoms with Gasteiger partial charge in [-0.1, -0.05) is 6.92 Å². The summed E-state index contributed by atoms with van der Waals surface area (Å²) in [6.45, 7) is 1.35. The quantitative estimate of drug-likeness (QED) is 0.526. The van der Waals surface area contributed by atoms with Crippen LogP contribution in [-0.4, -0.2) is 53.1 Å². The van der Waals surface area contributed by atoms with Gasteiger partial charge in [-0.15, -0.1) is 0 Å². The van der Waals surface area contributed by atoms with E-state index in [0.29, 0.717) is 6.42 Å². The smallest absolute Gasteiger partial charge is 0.221 e. The average molecular weight is 192 g/mol. The zero-order chi connectivity index (χ0) is 10.1. The van der Waals surface area contributed by atoms with Gasteiger partial charge in [0.25, 0.3) is 0 Å². The molecule has 0 radical (unpaired) electrons. The molecular formula is C8H16O5. The Hall–Kier alpha value is -0.200. The molecule has 0 aliphatic carbocycles. The molecule has 0 aromatic heterocycles. The van der Waals surface area contributed by atoms with Gasteiger partial charge < -0.3 is 24.8 Å². The van der Waals surface area contributed by atoms with Crippen LogP contribution in [0.2, 0.25) is 0 Å². The van der Waals surface area contributed by atoms with Crippen molar-refractivity contribution in [3.05, 3.63) is 0 Å². The maximum absolute atomic E-state index is 9.55. The first-order valence-electron chi connectivity index (χ1n) is 4.31. The molecule has 1 heterocycles. The third-order valence-electron chi connectivity index (χ3n) is 2.47. The second-order valence-electron chi connectivity index (χ2n) is 3.17. The third-order valence-corrected chi connectivity index (χ3v) is 2.47. The van der Waals surface area contributed by atoms with E-state index in [1.165, 1.54) is 7.11 Å². The first-order valence-corrected chi connectivity index (χ1v) is 4.31. The van der Waals surface area contributed by atoms with Gasteiger partial charge in [0.2, 0.25) is 5.79 Å². The van der Waals surface area contributed by atoms with Crippen LogP contribution in [-0.2, 0) is 9.47 Å². The number of ether oxygens (including phenoxy) is 2. The van der Waals surface area contributed by atoms with E-state index in [0.717, 1.165) is 0 Å². The Bertz CT molecular complexity index is 168. The van der Waals surface area contributed by atoms with Gasteiger partial charge in [0.15, 0.2) is 0 Å². The van der Waals surface area contributed by atoms with E-state index in [2.05, 4.69) is 0 Å². The Balaban J connectivity index is 2.79. The summed E-state index contributed by atoms with van der Waals surface area (Å²) < 4.78 is 10.1. The highest BCUT2D eigenvalue weighted by molar-refractivity contribution is 4.95. The highest BCUT2D eigenvalue weighted by Crippen LogP contribution is 2.32. The molecule has 5 nitrogen and oxygen atoms in total.